The fraction of sp³-hybridized carbons (Fsp3) is 0.450. The van der Waals surface area contributed by atoms with Gasteiger partial charge in [-0.1, -0.05) is 0 Å². The summed E-state index contributed by atoms with van der Waals surface area (Å²) in [5.74, 6) is 0.151. The maximum absolute atomic E-state index is 12.5. The topological polar surface area (TPSA) is 75.4 Å². The van der Waals surface area contributed by atoms with Gasteiger partial charge in [-0.15, -0.1) is 0 Å². The number of hydrogen-bond donors (Lipinski definition) is 1. The Morgan fingerprint density at radius 2 is 2.00 bits per heavy atom. The van der Waals surface area contributed by atoms with Crippen LogP contribution in [0.25, 0.3) is 0 Å². The molecule has 1 aliphatic heterocycles. The van der Waals surface area contributed by atoms with Gasteiger partial charge in [0.15, 0.2) is 0 Å². The number of amides is 2. The fourth-order valence-electron chi connectivity index (χ4n) is 4.28. The second-order valence-electron chi connectivity index (χ2n) is 7.32. The molecular weight excluding hydrogens is 330 g/mol. The van der Waals surface area contributed by atoms with E-state index >= 15 is 0 Å². The molecule has 0 bridgehead atoms. The molecule has 2 aromatic rings. The summed E-state index contributed by atoms with van der Waals surface area (Å²) in [4.78, 5) is 30.8. The third-order valence-corrected chi connectivity index (χ3v) is 5.80. The average Bonchev–Trinajstić information content (AvgIpc) is 3.30. The van der Waals surface area contributed by atoms with Crippen LogP contribution >= 0.6 is 0 Å². The van der Waals surface area contributed by atoms with Crippen molar-refractivity contribution in [2.45, 2.75) is 56.7 Å². The van der Waals surface area contributed by atoms with Crippen molar-refractivity contribution < 1.29 is 14.0 Å². The van der Waals surface area contributed by atoms with Crippen molar-refractivity contribution in [1.82, 2.24) is 15.2 Å². The first-order valence-corrected chi connectivity index (χ1v) is 9.19. The highest BCUT2D eigenvalue weighted by molar-refractivity contribution is 5.93. The Morgan fingerprint density at radius 3 is 2.69 bits per heavy atom. The van der Waals surface area contributed by atoms with Gasteiger partial charge in [0, 0.05) is 36.9 Å². The molecule has 136 valence electrons. The number of hydrogen-bond acceptors (Lipinski definition) is 4. The molecule has 1 N–H and O–H groups in total. The third kappa shape index (κ3) is 3.23. The molecule has 2 amide bonds. The largest absolute Gasteiger partial charge is 0.472 e. The van der Waals surface area contributed by atoms with Crippen LogP contribution in [0.4, 0.5) is 0 Å². The normalized spacial score (nSPS) is 25.6. The summed E-state index contributed by atoms with van der Waals surface area (Å²) >= 11 is 0. The van der Waals surface area contributed by atoms with Crippen molar-refractivity contribution in [3.8, 4) is 0 Å². The van der Waals surface area contributed by atoms with Gasteiger partial charge in [0.25, 0.3) is 5.91 Å². The van der Waals surface area contributed by atoms with E-state index in [0.29, 0.717) is 18.5 Å². The van der Waals surface area contributed by atoms with Gasteiger partial charge in [0.2, 0.25) is 5.91 Å². The van der Waals surface area contributed by atoms with Gasteiger partial charge >= 0.3 is 0 Å². The molecule has 2 aliphatic rings. The monoisotopic (exact) mass is 353 g/mol. The zero-order valence-corrected chi connectivity index (χ0v) is 14.7. The molecule has 2 aromatic heterocycles. The van der Waals surface area contributed by atoms with Crippen molar-refractivity contribution in [1.29, 1.82) is 0 Å². The van der Waals surface area contributed by atoms with Gasteiger partial charge in [-0.25, -0.2) is 0 Å². The summed E-state index contributed by atoms with van der Waals surface area (Å²) in [6, 6.07) is 5.76. The molecule has 26 heavy (non-hydrogen) atoms. The molecule has 0 radical (unpaired) electrons. The lowest BCUT2D eigenvalue weighted by Crippen LogP contribution is -2.50. The van der Waals surface area contributed by atoms with Crippen LogP contribution in [0, 0.1) is 0 Å². The number of carbonyl (C=O) groups is 2. The first-order valence-electron chi connectivity index (χ1n) is 9.19. The number of aromatic nitrogens is 1. The summed E-state index contributed by atoms with van der Waals surface area (Å²) in [7, 11) is 0. The third-order valence-electron chi connectivity index (χ3n) is 5.80. The predicted molar refractivity (Wildman–Crippen MR) is 95.2 cm³/mol. The van der Waals surface area contributed by atoms with Gasteiger partial charge < -0.3 is 14.6 Å². The molecule has 3 heterocycles. The first kappa shape index (κ1) is 16.8. The lowest BCUT2D eigenvalue weighted by molar-refractivity contribution is -0.133. The van der Waals surface area contributed by atoms with Crippen molar-refractivity contribution >= 4 is 11.8 Å². The van der Waals surface area contributed by atoms with Crippen molar-refractivity contribution in [3.63, 3.8) is 0 Å². The van der Waals surface area contributed by atoms with E-state index in [2.05, 4.69) is 15.2 Å². The quantitative estimate of drug-likeness (QED) is 0.917. The summed E-state index contributed by atoms with van der Waals surface area (Å²) in [5.41, 5.74) is 1.61. The van der Waals surface area contributed by atoms with Gasteiger partial charge in [-0.2, -0.15) is 0 Å². The van der Waals surface area contributed by atoms with E-state index in [-0.39, 0.29) is 23.4 Å². The van der Waals surface area contributed by atoms with E-state index in [1.165, 1.54) is 12.5 Å². The van der Waals surface area contributed by atoms with Crippen LogP contribution in [0.15, 0.2) is 47.5 Å². The molecule has 6 nitrogen and oxygen atoms in total. The fourth-order valence-corrected chi connectivity index (χ4v) is 4.28. The highest BCUT2D eigenvalue weighted by atomic mass is 16.3. The highest BCUT2D eigenvalue weighted by Gasteiger charge is 2.47. The van der Waals surface area contributed by atoms with Crippen molar-refractivity contribution in [3.05, 3.63) is 54.2 Å². The van der Waals surface area contributed by atoms with Gasteiger partial charge in [-0.3, -0.25) is 14.6 Å². The molecule has 0 aromatic carbocycles. The number of pyridine rings is 1. The number of nitrogens with zero attached hydrogens (tertiary/aromatic N) is 2. The Hall–Kier alpha value is -2.63. The second-order valence-corrected chi connectivity index (χ2v) is 7.32. The number of rotatable bonds is 4. The standard InChI is InChI=1S/C20H23N3O3/c24-18-3-9-20(23(18)13-15-4-10-21-11-5-15)7-1-17(2-8-20)22-19(25)16-6-12-26-14-16/h4-6,10-12,14,17H,1-3,7-9,13H2,(H,22,25). The smallest absolute Gasteiger partial charge is 0.254 e. The summed E-state index contributed by atoms with van der Waals surface area (Å²) in [6.07, 6.45) is 11.7. The van der Waals surface area contributed by atoms with Gasteiger partial charge in [0.1, 0.15) is 6.26 Å². The van der Waals surface area contributed by atoms with Crippen LogP contribution in [-0.4, -0.2) is 33.3 Å². The summed E-state index contributed by atoms with van der Waals surface area (Å²) in [6.45, 7) is 0.646. The Bertz CT molecular complexity index is 765. The molecular formula is C20H23N3O3. The zero-order chi connectivity index (χ0) is 18.0. The molecule has 0 unspecified atom stereocenters. The Morgan fingerprint density at radius 1 is 1.23 bits per heavy atom. The zero-order valence-electron chi connectivity index (χ0n) is 14.7. The summed E-state index contributed by atoms with van der Waals surface area (Å²) < 4.78 is 4.97. The molecule has 1 saturated carbocycles. The van der Waals surface area contributed by atoms with Gasteiger partial charge in [0.05, 0.1) is 11.8 Å². The molecule has 1 spiro atoms. The van der Waals surface area contributed by atoms with Crippen molar-refractivity contribution in [2.75, 3.05) is 0 Å². The second kappa shape index (κ2) is 6.94. The predicted octanol–water partition coefficient (Wildman–Crippen LogP) is 2.91. The average molecular weight is 353 g/mol. The number of furan rings is 1. The van der Waals surface area contributed by atoms with E-state index in [1.54, 1.807) is 18.5 Å². The van der Waals surface area contributed by atoms with E-state index in [0.717, 1.165) is 37.7 Å². The Kier molecular flexibility index (Phi) is 4.49. The van der Waals surface area contributed by atoms with E-state index in [4.69, 9.17) is 4.42 Å². The van der Waals surface area contributed by atoms with Crippen molar-refractivity contribution in [2.24, 2.45) is 0 Å². The molecule has 6 heteroatoms. The minimum absolute atomic E-state index is 0.0583. The minimum atomic E-state index is -0.0872. The summed E-state index contributed by atoms with van der Waals surface area (Å²) in [5, 5.41) is 3.09. The molecule has 1 saturated heterocycles. The van der Waals surface area contributed by atoms with E-state index < -0.39 is 0 Å². The molecule has 4 rings (SSSR count). The molecule has 2 fully saturated rings. The Balaban J connectivity index is 1.40. The number of carbonyl (C=O) groups excluding carboxylic acids is 2. The molecule has 1 aliphatic carbocycles. The Labute approximate surface area is 152 Å². The molecule has 0 atom stereocenters. The van der Waals surface area contributed by atoms with Crippen LogP contribution in [0.3, 0.4) is 0 Å². The van der Waals surface area contributed by atoms with Crippen LogP contribution in [0.1, 0.15) is 54.4 Å². The maximum Gasteiger partial charge on any atom is 0.254 e. The lowest BCUT2D eigenvalue weighted by Gasteiger charge is -2.44. The number of nitrogens with one attached hydrogen (secondary N) is 1. The number of likely N-dealkylation sites (tertiary alicyclic amines) is 1. The van der Waals surface area contributed by atoms with Crippen LogP contribution < -0.4 is 5.32 Å². The van der Waals surface area contributed by atoms with Crippen LogP contribution in [-0.2, 0) is 11.3 Å². The van der Waals surface area contributed by atoms with Crippen LogP contribution in [0.2, 0.25) is 0 Å². The van der Waals surface area contributed by atoms with E-state index in [1.807, 2.05) is 12.1 Å². The SMILES string of the molecule is O=C(NC1CCC2(CCC(=O)N2Cc2ccncc2)CC1)c1ccoc1. The van der Waals surface area contributed by atoms with E-state index in [9.17, 15) is 9.59 Å². The van der Waals surface area contributed by atoms with Crippen LogP contribution in [0.5, 0.6) is 0 Å². The minimum Gasteiger partial charge on any atom is -0.472 e. The first-order chi connectivity index (χ1) is 12.7. The maximum atomic E-state index is 12.5. The lowest BCUT2D eigenvalue weighted by atomic mass is 9.77. The van der Waals surface area contributed by atoms with Gasteiger partial charge in [-0.05, 0) is 55.9 Å². The highest BCUT2D eigenvalue weighted by Crippen LogP contribution is 2.43.